The molecule has 1 saturated carbocycles. The van der Waals surface area contributed by atoms with E-state index < -0.39 is 0 Å². The molecule has 20 heavy (non-hydrogen) atoms. The lowest BCUT2D eigenvalue weighted by Crippen LogP contribution is -2.44. The van der Waals surface area contributed by atoms with Crippen LogP contribution in [-0.4, -0.2) is 25.7 Å². The van der Waals surface area contributed by atoms with Crippen LogP contribution in [0.2, 0.25) is 0 Å². The molecule has 1 N–H and O–H groups in total. The van der Waals surface area contributed by atoms with Gasteiger partial charge in [-0.2, -0.15) is 0 Å². The first-order chi connectivity index (χ1) is 9.25. The standard InChI is InChI=1S/C17H33NO2/c1-12(2)15(16(19)20-6)18-11-13-7-9-14(10-8-13)17(3,4)5/h12-15,18H,7-11H2,1-6H3/t13?,14?,15-/m0/s1. The molecule has 118 valence electrons. The van der Waals surface area contributed by atoms with Crippen LogP contribution in [0, 0.1) is 23.2 Å². The van der Waals surface area contributed by atoms with Gasteiger partial charge in [-0.3, -0.25) is 4.79 Å². The summed E-state index contributed by atoms with van der Waals surface area (Å²) in [7, 11) is 1.47. The van der Waals surface area contributed by atoms with Gasteiger partial charge >= 0.3 is 5.97 Å². The van der Waals surface area contributed by atoms with Gasteiger partial charge in [-0.15, -0.1) is 0 Å². The van der Waals surface area contributed by atoms with Gasteiger partial charge in [0.1, 0.15) is 6.04 Å². The van der Waals surface area contributed by atoms with Crippen molar-refractivity contribution in [3.05, 3.63) is 0 Å². The van der Waals surface area contributed by atoms with Crippen molar-refractivity contribution >= 4 is 5.97 Å². The average molecular weight is 283 g/mol. The van der Waals surface area contributed by atoms with E-state index in [-0.39, 0.29) is 17.9 Å². The number of carbonyl (C=O) groups excluding carboxylic acids is 1. The largest absolute Gasteiger partial charge is 0.468 e. The number of methoxy groups -OCH3 is 1. The van der Waals surface area contributed by atoms with Crippen LogP contribution in [-0.2, 0) is 9.53 Å². The van der Waals surface area contributed by atoms with E-state index in [1.807, 2.05) is 0 Å². The molecule has 3 heteroatoms. The van der Waals surface area contributed by atoms with Crippen LogP contribution < -0.4 is 5.32 Å². The topological polar surface area (TPSA) is 38.3 Å². The van der Waals surface area contributed by atoms with Gasteiger partial charge in [-0.05, 0) is 55.4 Å². The van der Waals surface area contributed by atoms with E-state index in [0.29, 0.717) is 11.3 Å². The van der Waals surface area contributed by atoms with Crippen LogP contribution in [0.1, 0.15) is 60.3 Å². The third kappa shape index (κ3) is 5.08. The number of nitrogens with one attached hydrogen (secondary N) is 1. The van der Waals surface area contributed by atoms with Crippen LogP contribution >= 0.6 is 0 Å². The van der Waals surface area contributed by atoms with E-state index in [1.54, 1.807) is 0 Å². The van der Waals surface area contributed by atoms with Crippen molar-refractivity contribution in [2.24, 2.45) is 23.2 Å². The fourth-order valence-corrected chi connectivity index (χ4v) is 3.24. The van der Waals surface area contributed by atoms with Gasteiger partial charge in [0.05, 0.1) is 7.11 Å². The first-order valence-corrected chi connectivity index (χ1v) is 8.07. The molecule has 3 nitrogen and oxygen atoms in total. The molecule has 0 radical (unpaired) electrons. The molecule has 0 spiro atoms. The highest BCUT2D eigenvalue weighted by atomic mass is 16.5. The average Bonchev–Trinajstić information content (AvgIpc) is 2.37. The van der Waals surface area contributed by atoms with Gasteiger partial charge in [-0.25, -0.2) is 0 Å². The lowest BCUT2D eigenvalue weighted by molar-refractivity contribution is -0.144. The van der Waals surface area contributed by atoms with Gasteiger partial charge in [0.15, 0.2) is 0 Å². The maximum absolute atomic E-state index is 11.7. The first kappa shape index (κ1) is 17.5. The minimum absolute atomic E-state index is 0.136. The number of hydrogen-bond acceptors (Lipinski definition) is 3. The van der Waals surface area contributed by atoms with Crippen molar-refractivity contribution < 1.29 is 9.53 Å². The van der Waals surface area contributed by atoms with Crippen LogP contribution in [0.4, 0.5) is 0 Å². The van der Waals surface area contributed by atoms with Gasteiger partial charge < -0.3 is 10.1 Å². The Morgan fingerprint density at radius 1 is 1.20 bits per heavy atom. The molecule has 0 saturated heterocycles. The van der Waals surface area contributed by atoms with Gasteiger partial charge in [-0.1, -0.05) is 34.6 Å². The minimum atomic E-state index is -0.166. The summed E-state index contributed by atoms with van der Waals surface area (Å²) in [5, 5.41) is 3.42. The number of carbonyl (C=O) groups is 1. The summed E-state index contributed by atoms with van der Waals surface area (Å²) in [6, 6.07) is -0.166. The number of rotatable bonds is 5. The maximum atomic E-state index is 11.7. The molecule has 1 atom stereocenters. The van der Waals surface area contributed by atoms with E-state index in [0.717, 1.165) is 12.5 Å². The molecule has 0 aromatic heterocycles. The Kier molecular flexibility index (Phi) is 6.50. The molecule has 1 rings (SSSR count). The lowest BCUT2D eigenvalue weighted by atomic mass is 9.70. The Morgan fingerprint density at radius 2 is 1.75 bits per heavy atom. The van der Waals surface area contributed by atoms with Gasteiger partial charge in [0.2, 0.25) is 0 Å². The van der Waals surface area contributed by atoms with Crippen LogP contribution in [0.5, 0.6) is 0 Å². The summed E-state index contributed by atoms with van der Waals surface area (Å²) in [6.45, 7) is 12.1. The summed E-state index contributed by atoms with van der Waals surface area (Å²) in [4.78, 5) is 11.7. The quantitative estimate of drug-likeness (QED) is 0.783. The third-order valence-corrected chi connectivity index (χ3v) is 4.82. The molecule has 1 fully saturated rings. The summed E-state index contributed by atoms with van der Waals surface area (Å²) in [6.07, 6.45) is 5.20. The van der Waals surface area contributed by atoms with E-state index in [2.05, 4.69) is 39.9 Å². The molecular formula is C17H33NO2. The van der Waals surface area contributed by atoms with Crippen molar-refractivity contribution in [3.63, 3.8) is 0 Å². The zero-order valence-corrected chi connectivity index (χ0v) is 14.2. The van der Waals surface area contributed by atoms with Crippen LogP contribution in [0.15, 0.2) is 0 Å². The number of hydrogen-bond donors (Lipinski definition) is 1. The molecule has 0 aromatic carbocycles. The van der Waals surface area contributed by atoms with E-state index in [9.17, 15) is 4.79 Å². The number of esters is 1. The van der Waals surface area contributed by atoms with Crippen molar-refractivity contribution in [2.75, 3.05) is 13.7 Å². The van der Waals surface area contributed by atoms with Gasteiger partial charge in [0.25, 0.3) is 0 Å². The second-order valence-electron chi connectivity index (χ2n) is 7.74. The lowest BCUT2D eigenvalue weighted by Gasteiger charge is -2.37. The summed E-state index contributed by atoms with van der Waals surface area (Å²) >= 11 is 0. The highest BCUT2D eigenvalue weighted by Crippen LogP contribution is 2.39. The Hall–Kier alpha value is -0.570. The molecule has 0 bridgehead atoms. The molecule has 0 heterocycles. The molecule has 0 amide bonds. The number of ether oxygens (including phenoxy) is 1. The Balaban J connectivity index is 2.38. The van der Waals surface area contributed by atoms with Crippen LogP contribution in [0.25, 0.3) is 0 Å². The molecule has 0 unspecified atom stereocenters. The second-order valence-corrected chi connectivity index (χ2v) is 7.74. The van der Waals surface area contributed by atoms with Crippen molar-refractivity contribution in [1.29, 1.82) is 0 Å². The monoisotopic (exact) mass is 283 g/mol. The predicted octanol–water partition coefficient (Wildman–Crippen LogP) is 3.63. The van der Waals surface area contributed by atoms with E-state index in [4.69, 9.17) is 4.74 Å². The van der Waals surface area contributed by atoms with Crippen LogP contribution in [0.3, 0.4) is 0 Å². The summed E-state index contributed by atoms with van der Waals surface area (Å²) in [5.74, 6) is 1.69. The fraction of sp³-hybridized carbons (Fsp3) is 0.941. The third-order valence-electron chi connectivity index (χ3n) is 4.82. The normalized spacial score (nSPS) is 25.6. The smallest absolute Gasteiger partial charge is 0.323 e. The zero-order valence-electron chi connectivity index (χ0n) is 14.2. The van der Waals surface area contributed by atoms with Gasteiger partial charge in [0, 0.05) is 0 Å². The first-order valence-electron chi connectivity index (χ1n) is 8.07. The SMILES string of the molecule is COC(=O)[C@@H](NCC1CCC(C(C)(C)C)CC1)C(C)C. The zero-order chi connectivity index (χ0) is 15.3. The molecule has 1 aliphatic rings. The second kappa shape index (κ2) is 7.44. The van der Waals surface area contributed by atoms with Crippen molar-refractivity contribution in [2.45, 2.75) is 66.3 Å². The molecular weight excluding hydrogens is 250 g/mol. The highest BCUT2D eigenvalue weighted by molar-refractivity contribution is 5.75. The van der Waals surface area contributed by atoms with E-state index >= 15 is 0 Å². The summed E-state index contributed by atoms with van der Waals surface area (Å²) < 4.78 is 4.87. The maximum Gasteiger partial charge on any atom is 0.323 e. The molecule has 0 aromatic rings. The van der Waals surface area contributed by atoms with Crippen molar-refractivity contribution in [1.82, 2.24) is 5.32 Å². The Labute approximate surface area is 124 Å². The van der Waals surface area contributed by atoms with E-state index in [1.165, 1.54) is 32.8 Å². The molecule has 0 aliphatic heterocycles. The summed E-state index contributed by atoms with van der Waals surface area (Å²) in [5.41, 5.74) is 0.435. The highest BCUT2D eigenvalue weighted by Gasteiger charge is 2.30. The fourth-order valence-electron chi connectivity index (χ4n) is 3.24. The molecule has 1 aliphatic carbocycles. The Bertz CT molecular complexity index is 299. The Morgan fingerprint density at radius 3 is 2.15 bits per heavy atom. The van der Waals surface area contributed by atoms with Crippen molar-refractivity contribution in [3.8, 4) is 0 Å². The predicted molar refractivity (Wildman–Crippen MR) is 83.5 cm³/mol. The minimum Gasteiger partial charge on any atom is -0.468 e.